The molecular formula is C19H19N3O5S. The molecule has 0 radical (unpaired) electrons. The number of nitrogens with zero attached hydrogens (tertiary/aromatic N) is 1. The Balaban J connectivity index is 1.56. The number of nitrogens with one attached hydrogen (secondary N) is 2. The number of hydrogen-bond donors (Lipinski definition) is 3. The van der Waals surface area contributed by atoms with Crippen molar-refractivity contribution in [2.45, 2.75) is 12.3 Å². The molecule has 0 spiro atoms. The molecule has 3 amide bonds. The first-order valence-electron chi connectivity index (χ1n) is 8.45. The van der Waals surface area contributed by atoms with E-state index in [1.165, 1.54) is 35.8 Å². The zero-order valence-electron chi connectivity index (χ0n) is 15.0. The van der Waals surface area contributed by atoms with Crippen molar-refractivity contribution in [3.05, 3.63) is 54.1 Å². The van der Waals surface area contributed by atoms with Crippen LogP contribution in [0.25, 0.3) is 0 Å². The minimum absolute atomic E-state index is 0.131. The summed E-state index contributed by atoms with van der Waals surface area (Å²) in [6.45, 7) is 1.15. The van der Waals surface area contributed by atoms with Crippen LogP contribution in [0.2, 0.25) is 0 Å². The summed E-state index contributed by atoms with van der Waals surface area (Å²) in [6, 6.07) is 13.1. The number of carbonyl (C=O) groups is 3. The van der Waals surface area contributed by atoms with Crippen LogP contribution >= 0.6 is 11.8 Å². The van der Waals surface area contributed by atoms with E-state index in [0.29, 0.717) is 11.4 Å². The highest BCUT2D eigenvalue weighted by atomic mass is 32.2. The third kappa shape index (κ3) is 4.95. The minimum Gasteiger partial charge on any atom is -0.508 e. The predicted octanol–water partition coefficient (Wildman–Crippen LogP) is 2.03. The van der Waals surface area contributed by atoms with Crippen LogP contribution < -0.4 is 15.5 Å². The number of anilines is 1. The molecule has 2 aromatic rings. The number of hydrazine groups is 1. The van der Waals surface area contributed by atoms with E-state index in [-0.39, 0.29) is 35.3 Å². The Hall–Kier alpha value is -3.20. The van der Waals surface area contributed by atoms with Gasteiger partial charge < -0.3 is 15.2 Å². The molecule has 0 aliphatic carbocycles. The van der Waals surface area contributed by atoms with E-state index in [1.54, 1.807) is 36.4 Å². The van der Waals surface area contributed by atoms with E-state index in [1.807, 2.05) is 0 Å². The number of amides is 3. The van der Waals surface area contributed by atoms with Gasteiger partial charge in [0.25, 0.3) is 11.8 Å². The largest absolute Gasteiger partial charge is 0.508 e. The Kier molecular flexibility index (Phi) is 6.05. The van der Waals surface area contributed by atoms with Gasteiger partial charge in [-0.1, -0.05) is 12.1 Å². The first-order chi connectivity index (χ1) is 13.4. The van der Waals surface area contributed by atoms with E-state index >= 15 is 0 Å². The summed E-state index contributed by atoms with van der Waals surface area (Å²) >= 11 is 1.39. The maximum Gasteiger partial charge on any atom is 0.276 e. The van der Waals surface area contributed by atoms with Gasteiger partial charge in [-0.15, -0.1) is 11.8 Å². The molecule has 0 bridgehead atoms. The van der Waals surface area contributed by atoms with Crippen LogP contribution in [-0.2, 0) is 14.4 Å². The Morgan fingerprint density at radius 3 is 2.50 bits per heavy atom. The zero-order chi connectivity index (χ0) is 20.1. The molecule has 8 nitrogen and oxygen atoms in total. The molecule has 1 saturated heterocycles. The molecule has 1 aliphatic rings. The van der Waals surface area contributed by atoms with Crippen LogP contribution in [0.1, 0.15) is 17.9 Å². The second-order valence-corrected chi connectivity index (χ2v) is 7.12. The van der Waals surface area contributed by atoms with E-state index in [0.717, 1.165) is 5.56 Å². The Labute approximate surface area is 165 Å². The molecule has 0 saturated carbocycles. The number of phenolic OH excluding ortho intramolecular Hbond substituents is 1. The second-order valence-electron chi connectivity index (χ2n) is 6.05. The number of aromatic hydroxyl groups is 1. The number of hydrogen-bond acceptors (Lipinski definition) is 6. The van der Waals surface area contributed by atoms with Crippen molar-refractivity contribution < 1.29 is 24.2 Å². The topological polar surface area (TPSA) is 108 Å². The highest BCUT2D eigenvalue weighted by Gasteiger charge is 2.34. The highest BCUT2D eigenvalue weighted by molar-refractivity contribution is 8.00. The van der Waals surface area contributed by atoms with Crippen molar-refractivity contribution in [2.24, 2.45) is 0 Å². The number of rotatable bonds is 6. The van der Waals surface area contributed by atoms with Crippen molar-refractivity contribution in [3.63, 3.8) is 0 Å². The SMILES string of the molecule is CC(=O)Nc1ccc(OCC(=O)NN2C(=O)CSC2c2ccc(O)cc2)cc1. The molecule has 9 heteroatoms. The fourth-order valence-corrected chi connectivity index (χ4v) is 3.69. The van der Waals surface area contributed by atoms with Gasteiger partial charge in [-0.05, 0) is 42.0 Å². The third-order valence-electron chi connectivity index (χ3n) is 3.84. The minimum atomic E-state index is -0.467. The lowest BCUT2D eigenvalue weighted by atomic mass is 10.2. The molecule has 1 heterocycles. The quantitative estimate of drug-likeness (QED) is 0.684. The Bertz CT molecular complexity index is 870. The van der Waals surface area contributed by atoms with E-state index in [4.69, 9.17) is 4.74 Å². The van der Waals surface area contributed by atoms with Gasteiger partial charge in [0, 0.05) is 12.6 Å². The molecule has 1 aliphatic heterocycles. The molecule has 1 unspecified atom stereocenters. The lowest BCUT2D eigenvalue weighted by molar-refractivity contribution is -0.140. The molecule has 1 fully saturated rings. The summed E-state index contributed by atoms with van der Waals surface area (Å²) in [5, 5.41) is 13.0. The molecule has 0 aromatic heterocycles. The van der Waals surface area contributed by atoms with Crippen molar-refractivity contribution in [1.82, 2.24) is 10.4 Å². The molecule has 3 N–H and O–H groups in total. The molecular weight excluding hydrogens is 382 g/mol. The lowest BCUT2D eigenvalue weighted by Crippen LogP contribution is -2.46. The number of ether oxygens (including phenoxy) is 1. The molecule has 146 valence electrons. The molecule has 1 atom stereocenters. The first-order valence-corrected chi connectivity index (χ1v) is 9.50. The van der Waals surface area contributed by atoms with Gasteiger partial charge in [-0.2, -0.15) is 0 Å². The summed E-state index contributed by atoms with van der Waals surface area (Å²) in [5.74, 6) is -0.0174. The van der Waals surface area contributed by atoms with Gasteiger partial charge in [-0.25, -0.2) is 5.01 Å². The standard InChI is InChI=1S/C19H19N3O5S/c1-12(23)20-14-4-8-16(9-5-14)27-10-17(25)21-22-18(26)11-28-19(22)13-2-6-15(24)7-3-13/h2-9,19,24H,10-11H2,1H3,(H,20,23)(H,21,25). The highest BCUT2D eigenvalue weighted by Crippen LogP contribution is 2.37. The summed E-state index contributed by atoms with van der Waals surface area (Å²) in [5.41, 5.74) is 4.00. The van der Waals surface area contributed by atoms with E-state index < -0.39 is 5.91 Å². The van der Waals surface area contributed by atoms with Crippen LogP contribution in [0.3, 0.4) is 0 Å². The maximum absolute atomic E-state index is 12.2. The smallest absolute Gasteiger partial charge is 0.276 e. The van der Waals surface area contributed by atoms with Gasteiger partial charge in [0.15, 0.2) is 6.61 Å². The average molecular weight is 401 g/mol. The molecule has 2 aromatic carbocycles. The third-order valence-corrected chi connectivity index (χ3v) is 5.05. The van der Waals surface area contributed by atoms with E-state index in [9.17, 15) is 19.5 Å². The summed E-state index contributed by atoms with van der Waals surface area (Å²) in [7, 11) is 0. The van der Waals surface area contributed by atoms with Gasteiger partial charge in [-0.3, -0.25) is 19.8 Å². The van der Waals surface area contributed by atoms with Crippen molar-refractivity contribution in [3.8, 4) is 11.5 Å². The Morgan fingerprint density at radius 1 is 1.18 bits per heavy atom. The summed E-state index contributed by atoms with van der Waals surface area (Å²) in [6.07, 6.45) is 0. The van der Waals surface area contributed by atoms with Crippen molar-refractivity contribution in [1.29, 1.82) is 0 Å². The molecule has 28 heavy (non-hydrogen) atoms. The zero-order valence-corrected chi connectivity index (χ0v) is 15.9. The summed E-state index contributed by atoms with van der Waals surface area (Å²) < 4.78 is 5.43. The van der Waals surface area contributed by atoms with Crippen molar-refractivity contribution >= 4 is 35.2 Å². The van der Waals surface area contributed by atoms with E-state index in [2.05, 4.69) is 10.7 Å². The van der Waals surface area contributed by atoms with Gasteiger partial charge >= 0.3 is 0 Å². The van der Waals surface area contributed by atoms with Crippen LogP contribution in [0.4, 0.5) is 5.69 Å². The number of phenols is 1. The first kappa shape index (κ1) is 19.6. The molecule has 3 rings (SSSR count). The monoisotopic (exact) mass is 401 g/mol. The Morgan fingerprint density at radius 2 is 1.86 bits per heavy atom. The predicted molar refractivity (Wildman–Crippen MR) is 105 cm³/mol. The summed E-state index contributed by atoms with van der Waals surface area (Å²) in [4.78, 5) is 35.4. The maximum atomic E-state index is 12.2. The van der Waals surface area contributed by atoms with Crippen LogP contribution in [-0.4, -0.2) is 40.2 Å². The van der Waals surface area contributed by atoms with Crippen LogP contribution in [0, 0.1) is 0 Å². The fraction of sp³-hybridized carbons (Fsp3) is 0.211. The van der Waals surface area contributed by atoms with Gasteiger partial charge in [0.1, 0.15) is 16.9 Å². The van der Waals surface area contributed by atoms with Gasteiger partial charge in [0.2, 0.25) is 5.91 Å². The average Bonchev–Trinajstić information content (AvgIpc) is 3.02. The van der Waals surface area contributed by atoms with Gasteiger partial charge in [0.05, 0.1) is 5.75 Å². The van der Waals surface area contributed by atoms with Crippen LogP contribution in [0.5, 0.6) is 11.5 Å². The number of carbonyl (C=O) groups excluding carboxylic acids is 3. The number of thioether (sulfide) groups is 1. The number of benzene rings is 2. The van der Waals surface area contributed by atoms with Crippen molar-refractivity contribution in [2.75, 3.05) is 17.7 Å². The lowest BCUT2D eigenvalue weighted by Gasteiger charge is -2.24. The second kappa shape index (κ2) is 8.66. The fourth-order valence-electron chi connectivity index (χ4n) is 2.58. The normalized spacial score (nSPS) is 16.0. The van der Waals surface area contributed by atoms with Crippen LogP contribution in [0.15, 0.2) is 48.5 Å².